The van der Waals surface area contributed by atoms with Gasteiger partial charge in [0.15, 0.2) is 0 Å². The molecule has 0 aromatic carbocycles. The smallest absolute Gasteiger partial charge is 0.316 e. The predicted octanol–water partition coefficient (Wildman–Crippen LogP) is 0.577. The molecule has 0 aliphatic heterocycles. The van der Waals surface area contributed by atoms with Crippen LogP contribution >= 0.6 is 0 Å². The van der Waals surface area contributed by atoms with E-state index in [9.17, 15) is 14.4 Å². The molecule has 78 valence electrons. The van der Waals surface area contributed by atoms with Gasteiger partial charge >= 0.3 is 18.4 Å². The molecule has 5 heteroatoms. The lowest BCUT2D eigenvalue weighted by molar-refractivity contribution is -0.156. The van der Waals surface area contributed by atoms with Gasteiger partial charge in [0.05, 0.1) is 11.8 Å². The van der Waals surface area contributed by atoms with Gasteiger partial charge in [-0.2, -0.15) is 0 Å². The Morgan fingerprint density at radius 3 is 2.50 bits per heavy atom. The Kier molecular flexibility index (Phi) is 3.62. The number of aliphatic carboxylic acids is 1. The van der Waals surface area contributed by atoms with E-state index in [2.05, 4.69) is 4.74 Å². The van der Waals surface area contributed by atoms with E-state index >= 15 is 0 Å². The fraction of sp³-hybridized carbons (Fsp3) is 0.667. The standard InChI is InChI=1S/C9H12O5/c10-5-14-9(13)7-3-1-2-6(4-7)8(11)12/h5-7H,1-4H2,(H,11,12). The number of esters is 1. The van der Waals surface area contributed by atoms with E-state index in [1.54, 1.807) is 0 Å². The first-order valence-electron chi connectivity index (χ1n) is 4.52. The lowest BCUT2D eigenvalue weighted by Crippen LogP contribution is -2.28. The van der Waals surface area contributed by atoms with Crippen LogP contribution in [0.25, 0.3) is 0 Å². The zero-order valence-electron chi connectivity index (χ0n) is 7.64. The average molecular weight is 200 g/mol. The van der Waals surface area contributed by atoms with Crippen LogP contribution in [0.4, 0.5) is 0 Å². The van der Waals surface area contributed by atoms with Gasteiger partial charge in [0.2, 0.25) is 0 Å². The highest BCUT2D eigenvalue weighted by Gasteiger charge is 2.31. The van der Waals surface area contributed by atoms with Crippen LogP contribution in [-0.2, 0) is 19.1 Å². The first-order valence-corrected chi connectivity index (χ1v) is 4.52. The van der Waals surface area contributed by atoms with Gasteiger partial charge in [0.25, 0.3) is 0 Å². The van der Waals surface area contributed by atoms with Crippen LogP contribution < -0.4 is 0 Å². The van der Waals surface area contributed by atoms with Crippen molar-refractivity contribution < 1.29 is 24.2 Å². The molecule has 2 atom stereocenters. The minimum absolute atomic E-state index is 0.0900. The van der Waals surface area contributed by atoms with Crippen LogP contribution in [-0.4, -0.2) is 23.5 Å². The number of hydrogen-bond acceptors (Lipinski definition) is 4. The number of hydrogen-bond donors (Lipinski definition) is 1. The second-order valence-electron chi connectivity index (χ2n) is 3.43. The molecule has 0 saturated heterocycles. The monoisotopic (exact) mass is 200 g/mol. The van der Waals surface area contributed by atoms with Crippen molar-refractivity contribution in [2.24, 2.45) is 11.8 Å². The van der Waals surface area contributed by atoms with Gasteiger partial charge in [-0.05, 0) is 19.3 Å². The van der Waals surface area contributed by atoms with Crippen LogP contribution in [0.5, 0.6) is 0 Å². The van der Waals surface area contributed by atoms with Crippen LogP contribution in [0.15, 0.2) is 0 Å². The van der Waals surface area contributed by atoms with E-state index in [4.69, 9.17) is 5.11 Å². The molecule has 0 spiro atoms. The summed E-state index contributed by atoms with van der Waals surface area (Å²) < 4.78 is 4.20. The summed E-state index contributed by atoms with van der Waals surface area (Å²) in [5.74, 6) is -2.40. The lowest BCUT2D eigenvalue weighted by atomic mass is 9.81. The number of ether oxygens (including phenoxy) is 1. The van der Waals surface area contributed by atoms with E-state index in [1.165, 1.54) is 0 Å². The maximum Gasteiger partial charge on any atom is 0.316 e. The Morgan fingerprint density at radius 1 is 1.29 bits per heavy atom. The summed E-state index contributed by atoms with van der Waals surface area (Å²) in [4.78, 5) is 31.7. The molecule has 0 bridgehead atoms. The van der Waals surface area contributed by atoms with Gasteiger partial charge in [0, 0.05) is 0 Å². The molecule has 1 saturated carbocycles. The number of carbonyl (C=O) groups excluding carboxylic acids is 2. The summed E-state index contributed by atoms with van der Waals surface area (Å²) in [5.41, 5.74) is 0. The molecule has 2 unspecified atom stereocenters. The third kappa shape index (κ3) is 2.55. The molecule has 0 aromatic rings. The molecule has 5 nitrogen and oxygen atoms in total. The normalized spacial score (nSPS) is 26.6. The van der Waals surface area contributed by atoms with Crippen molar-refractivity contribution >= 4 is 18.4 Å². The van der Waals surface area contributed by atoms with Gasteiger partial charge < -0.3 is 9.84 Å². The van der Waals surface area contributed by atoms with Crippen molar-refractivity contribution in [1.82, 2.24) is 0 Å². The third-order valence-electron chi connectivity index (χ3n) is 2.52. The molecule has 0 radical (unpaired) electrons. The van der Waals surface area contributed by atoms with Crippen LogP contribution in [0.3, 0.4) is 0 Å². The van der Waals surface area contributed by atoms with E-state index in [0.29, 0.717) is 19.3 Å². The maximum atomic E-state index is 11.1. The average Bonchev–Trinajstić information content (AvgIpc) is 2.18. The predicted molar refractivity (Wildman–Crippen MR) is 45.2 cm³/mol. The van der Waals surface area contributed by atoms with Crippen LogP contribution in [0.1, 0.15) is 25.7 Å². The molecule has 1 N–H and O–H groups in total. The van der Waals surface area contributed by atoms with Crippen molar-refractivity contribution in [1.29, 1.82) is 0 Å². The summed E-state index contributed by atoms with van der Waals surface area (Å²) in [6, 6.07) is 0. The molecular formula is C9H12O5. The zero-order valence-corrected chi connectivity index (χ0v) is 7.64. The number of carboxylic acid groups (broad SMARTS) is 1. The molecular weight excluding hydrogens is 188 g/mol. The number of rotatable bonds is 3. The molecule has 0 amide bonds. The summed E-state index contributed by atoms with van der Waals surface area (Å²) in [6.45, 7) is 0.0900. The summed E-state index contributed by atoms with van der Waals surface area (Å²) >= 11 is 0. The molecule has 0 aromatic heterocycles. The Morgan fingerprint density at radius 2 is 1.93 bits per heavy atom. The van der Waals surface area contributed by atoms with Crippen molar-refractivity contribution in [3.63, 3.8) is 0 Å². The van der Waals surface area contributed by atoms with Crippen molar-refractivity contribution in [2.45, 2.75) is 25.7 Å². The molecule has 1 aliphatic rings. The van der Waals surface area contributed by atoms with Crippen LogP contribution in [0, 0.1) is 11.8 Å². The Labute approximate surface area is 81.0 Å². The molecule has 14 heavy (non-hydrogen) atoms. The first-order chi connectivity index (χ1) is 6.65. The van der Waals surface area contributed by atoms with Gasteiger partial charge in [-0.25, -0.2) is 0 Å². The quantitative estimate of drug-likeness (QED) is 0.409. The minimum atomic E-state index is -0.881. The third-order valence-corrected chi connectivity index (χ3v) is 2.52. The van der Waals surface area contributed by atoms with E-state index in [1.807, 2.05) is 0 Å². The van der Waals surface area contributed by atoms with Gasteiger partial charge in [-0.15, -0.1) is 0 Å². The van der Waals surface area contributed by atoms with E-state index in [0.717, 1.165) is 0 Å². The Balaban J connectivity index is 2.51. The molecule has 1 aliphatic carbocycles. The van der Waals surface area contributed by atoms with Crippen molar-refractivity contribution in [3.8, 4) is 0 Å². The largest absolute Gasteiger partial charge is 0.481 e. The summed E-state index contributed by atoms with van der Waals surface area (Å²) in [7, 11) is 0. The first kappa shape index (κ1) is 10.7. The zero-order chi connectivity index (χ0) is 10.6. The second-order valence-corrected chi connectivity index (χ2v) is 3.43. The fourth-order valence-corrected chi connectivity index (χ4v) is 1.77. The molecule has 1 rings (SSSR count). The van der Waals surface area contributed by atoms with Crippen LogP contribution in [0.2, 0.25) is 0 Å². The van der Waals surface area contributed by atoms with Gasteiger partial charge in [-0.1, -0.05) is 6.42 Å². The maximum absolute atomic E-state index is 11.1. The highest BCUT2D eigenvalue weighted by Crippen LogP contribution is 2.29. The summed E-state index contributed by atoms with van der Waals surface area (Å²) in [6.07, 6.45) is 2.17. The SMILES string of the molecule is O=COC(=O)C1CCCC(C(=O)O)C1. The lowest BCUT2D eigenvalue weighted by Gasteiger charge is -2.23. The molecule has 1 fully saturated rings. The number of carboxylic acids is 1. The Bertz CT molecular complexity index is 248. The fourth-order valence-electron chi connectivity index (χ4n) is 1.77. The number of carbonyl (C=O) groups is 3. The van der Waals surface area contributed by atoms with E-state index < -0.39 is 23.8 Å². The van der Waals surface area contributed by atoms with Gasteiger partial charge in [0.1, 0.15) is 0 Å². The van der Waals surface area contributed by atoms with Crippen molar-refractivity contribution in [2.75, 3.05) is 0 Å². The minimum Gasteiger partial charge on any atom is -0.481 e. The highest BCUT2D eigenvalue weighted by molar-refractivity contribution is 5.80. The van der Waals surface area contributed by atoms with Crippen molar-refractivity contribution in [3.05, 3.63) is 0 Å². The topological polar surface area (TPSA) is 80.7 Å². The molecule has 0 heterocycles. The highest BCUT2D eigenvalue weighted by atomic mass is 16.6. The summed E-state index contributed by atoms with van der Waals surface area (Å²) in [5, 5.41) is 8.75. The Hall–Kier alpha value is -1.39. The second kappa shape index (κ2) is 4.74. The van der Waals surface area contributed by atoms with E-state index in [-0.39, 0.29) is 12.9 Å². The van der Waals surface area contributed by atoms with Gasteiger partial charge in [-0.3, -0.25) is 14.4 Å².